The molecule has 0 radical (unpaired) electrons. The average molecular weight is 460 g/mol. The van der Waals surface area contributed by atoms with Crippen LogP contribution in [0.3, 0.4) is 0 Å². The molecule has 0 fully saturated rings. The number of hydrogen-bond donors (Lipinski definition) is 0. The minimum Gasteiger partial charge on any atom is -0.0853 e. The Morgan fingerprint density at radius 2 is 0.571 bits per heavy atom. The standard InChI is InChI=1S/C27H55Br/c1-4-7-10-13-16-17-20-23-26-27(28,24-21-18-14-11-8-5-2)25-22-19-15-12-9-6-3/h4-26H2,1-3H3. The molecule has 0 rings (SSSR count). The van der Waals surface area contributed by atoms with Crippen molar-refractivity contribution in [3.63, 3.8) is 0 Å². The van der Waals surface area contributed by atoms with Gasteiger partial charge in [-0.15, -0.1) is 0 Å². The van der Waals surface area contributed by atoms with Crippen LogP contribution in [0.1, 0.15) is 168 Å². The van der Waals surface area contributed by atoms with Crippen molar-refractivity contribution in [3.8, 4) is 0 Å². The predicted molar refractivity (Wildman–Crippen MR) is 135 cm³/mol. The molecule has 0 aromatic heterocycles. The van der Waals surface area contributed by atoms with Gasteiger partial charge in [0, 0.05) is 4.32 Å². The maximum atomic E-state index is 4.25. The Morgan fingerprint density at radius 3 is 0.821 bits per heavy atom. The van der Waals surface area contributed by atoms with Gasteiger partial charge in [0.15, 0.2) is 0 Å². The van der Waals surface area contributed by atoms with E-state index < -0.39 is 0 Å². The van der Waals surface area contributed by atoms with Crippen LogP contribution < -0.4 is 0 Å². The SMILES string of the molecule is CCCCCCCCCCC(Br)(CCCCCCCC)CCCCCCCC. The highest BCUT2D eigenvalue weighted by molar-refractivity contribution is 9.10. The largest absolute Gasteiger partial charge is 0.0853 e. The second-order valence-electron chi connectivity index (χ2n) is 9.41. The monoisotopic (exact) mass is 458 g/mol. The Hall–Kier alpha value is 0.480. The molecule has 0 unspecified atom stereocenters. The van der Waals surface area contributed by atoms with Gasteiger partial charge in [0.25, 0.3) is 0 Å². The van der Waals surface area contributed by atoms with Crippen LogP contribution in [0, 0.1) is 0 Å². The van der Waals surface area contributed by atoms with E-state index in [1.165, 1.54) is 148 Å². The molecule has 0 aliphatic rings. The van der Waals surface area contributed by atoms with Gasteiger partial charge in [-0.25, -0.2) is 0 Å². The lowest BCUT2D eigenvalue weighted by atomic mass is 9.89. The van der Waals surface area contributed by atoms with E-state index >= 15 is 0 Å². The van der Waals surface area contributed by atoms with E-state index in [0.717, 1.165) is 0 Å². The molecule has 0 spiro atoms. The van der Waals surface area contributed by atoms with Crippen LogP contribution in [0.2, 0.25) is 0 Å². The van der Waals surface area contributed by atoms with Crippen LogP contribution in [0.5, 0.6) is 0 Å². The van der Waals surface area contributed by atoms with Crippen molar-refractivity contribution in [2.75, 3.05) is 0 Å². The van der Waals surface area contributed by atoms with Crippen molar-refractivity contribution < 1.29 is 0 Å². The molecule has 28 heavy (non-hydrogen) atoms. The van der Waals surface area contributed by atoms with E-state index in [1.54, 1.807) is 0 Å². The lowest BCUT2D eigenvalue weighted by molar-refractivity contribution is 0.410. The Morgan fingerprint density at radius 1 is 0.357 bits per heavy atom. The zero-order chi connectivity index (χ0) is 20.8. The first-order chi connectivity index (χ1) is 13.7. The van der Waals surface area contributed by atoms with Crippen LogP contribution >= 0.6 is 15.9 Å². The van der Waals surface area contributed by atoms with E-state index in [-0.39, 0.29) is 0 Å². The van der Waals surface area contributed by atoms with E-state index in [4.69, 9.17) is 0 Å². The van der Waals surface area contributed by atoms with Crippen molar-refractivity contribution in [2.45, 2.75) is 173 Å². The normalized spacial score (nSPS) is 12.0. The van der Waals surface area contributed by atoms with Crippen LogP contribution in [-0.4, -0.2) is 4.32 Å². The maximum absolute atomic E-state index is 4.25. The van der Waals surface area contributed by atoms with E-state index in [9.17, 15) is 0 Å². The van der Waals surface area contributed by atoms with Gasteiger partial charge in [0.1, 0.15) is 0 Å². The number of rotatable bonds is 23. The van der Waals surface area contributed by atoms with Gasteiger partial charge in [0.2, 0.25) is 0 Å². The molecule has 0 aromatic rings. The van der Waals surface area contributed by atoms with Crippen molar-refractivity contribution in [1.82, 2.24) is 0 Å². The van der Waals surface area contributed by atoms with Crippen molar-refractivity contribution in [3.05, 3.63) is 0 Å². The summed E-state index contributed by atoms with van der Waals surface area (Å²) in [6, 6.07) is 0. The smallest absolute Gasteiger partial charge is 0.0258 e. The molecule has 0 aliphatic carbocycles. The number of alkyl halides is 1. The Labute approximate surface area is 188 Å². The molecule has 0 bridgehead atoms. The first-order valence-corrected chi connectivity index (χ1v) is 14.2. The Kier molecular flexibility index (Phi) is 22.6. The highest BCUT2D eigenvalue weighted by atomic mass is 79.9. The van der Waals surface area contributed by atoms with Gasteiger partial charge in [-0.05, 0) is 19.3 Å². The van der Waals surface area contributed by atoms with Crippen molar-refractivity contribution >= 4 is 15.9 Å². The first-order valence-electron chi connectivity index (χ1n) is 13.4. The third kappa shape index (κ3) is 19.8. The van der Waals surface area contributed by atoms with Crippen molar-refractivity contribution in [2.24, 2.45) is 0 Å². The second kappa shape index (κ2) is 22.2. The zero-order valence-electron chi connectivity index (χ0n) is 20.1. The summed E-state index contributed by atoms with van der Waals surface area (Å²) in [7, 11) is 0. The molecule has 0 aliphatic heterocycles. The topological polar surface area (TPSA) is 0 Å². The van der Waals surface area contributed by atoms with Crippen LogP contribution in [0.25, 0.3) is 0 Å². The summed E-state index contributed by atoms with van der Waals surface area (Å²) >= 11 is 4.25. The molecular weight excluding hydrogens is 404 g/mol. The number of hydrogen-bond acceptors (Lipinski definition) is 0. The number of unbranched alkanes of at least 4 members (excludes halogenated alkanes) is 17. The summed E-state index contributed by atoms with van der Waals surface area (Å²) < 4.78 is 0.449. The third-order valence-corrected chi connectivity index (χ3v) is 7.62. The molecule has 0 saturated heterocycles. The van der Waals surface area contributed by atoms with Gasteiger partial charge >= 0.3 is 0 Å². The van der Waals surface area contributed by atoms with E-state index in [1.807, 2.05) is 0 Å². The maximum Gasteiger partial charge on any atom is 0.0258 e. The summed E-state index contributed by atoms with van der Waals surface area (Å²) in [5, 5.41) is 0. The van der Waals surface area contributed by atoms with Gasteiger partial charge in [0.05, 0.1) is 0 Å². The fourth-order valence-corrected chi connectivity index (χ4v) is 5.24. The fraction of sp³-hybridized carbons (Fsp3) is 1.00. The third-order valence-electron chi connectivity index (χ3n) is 6.44. The van der Waals surface area contributed by atoms with Gasteiger partial charge in [-0.1, -0.05) is 165 Å². The van der Waals surface area contributed by atoms with Gasteiger partial charge in [-0.3, -0.25) is 0 Å². The molecule has 0 N–H and O–H groups in total. The highest BCUT2D eigenvalue weighted by Crippen LogP contribution is 2.37. The molecule has 1 heteroatoms. The molecule has 0 aromatic carbocycles. The lowest BCUT2D eigenvalue weighted by Gasteiger charge is -2.28. The minimum absolute atomic E-state index is 0.449. The summed E-state index contributed by atoms with van der Waals surface area (Å²) in [5.41, 5.74) is 0. The minimum atomic E-state index is 0.449. The number of halogens is 1. The van der Waals surface area contributed by atoms with Crippen molar-refractivity contribution in [1.29, 1.82) is 0 Å². The zero-order valence-corrected chi connectivity index (χ0v) is 21.7. The van der Waals surface area contributed by atoms with Gasteiger partial charge in [-0.2, -0.15) is 0 Å². The Balaban J connectivity index is 4.01. The fourth-order valence-electron chi connectivity index (χ4n) is 4.39. The molecule has 0 saturated carbocycles. The predicted octanol–water partition coefficient (Wildman–Crippen LogP) is 11.2. The quantitative estimate of drug-likeness (QED) is 0.105. The molecular formula is C27H55Br. The van der Waals surface area contributed by atoms with Crippen LogP contribution in [-0.2, 0) is 0 Å². The summed E-state index contributed by atoms with van der Waals surface area (Å²) in [6.45, 7) is 6.94. The molecule has 0 nitrogen and oxygen atoms in total. The Bertz CT molecular complexity index is 270. The summed E-state index contributed by atoms with van der Waals surface area (Å²) in [4.78, 5) is 0. The van der Waals surface area contributed by atoms with E-state index in [0.29, 0.717) is 4.32 Å². The summed E-state index contributed by atoms with van der Waals surface area (Å²) in [5.74, 6) is 0. The van der Waals surface area contributed by atoms with E-state index in [2.05, 4.69) is 36.7 Å². The van der Waals surface area contributed by atoms with Gasteiger partial charge < -0.3 is 0 Å². The molecule has 0 heterocycles. The second-order valence-corrected chi connectivity index (χ2v) is 11.1. The molecule has 170 valence electrons. The average Bonchev–Trinajstić information content (AvgIpc) is 2.69. The highest BCUT2D eigenvalue weighted by Gasteiger charge is 2.24. The molecule has 0 amide bonds. The first kappa shape index (κ1) is 28.5. The van der Waals surface area contributed by atoms with Crippen LogP contribution in [0.4, 0.5) is 0 Å². The lowest BCUT2D eigenvalue weighted by Crippen LogP contribution is -2.20. The van der Waals surface area contributed by atoms with Crippen LogP contribution in [0.15, 0.2) is 0 Å². The molecule has 0 atom stereocenters. The summed E-state index contributed by atoms with van der Waals surface area (Å²) in [6.07, 6.45) is 32.9.